The lowest BCUT2D eigenvalue weighted by Gasteiger charge is -2.27. The third-order valence-corrected chi connectivity index (χ3v) is 2.62. The number of benzene rings is 1. The zero-order valence-corrected chi connectivity index (χ0v) is 10.1. The van der Waals surface area contributed by atoms with Crippen LogP contribution in [0, 0.1) is 11.3 Å². The second kappa shape index (κ2) is 5.31. The van der Waals surface area contributed by atoms with Crippen LogP contribution in [0.2, 0.25) is 5.02 Å². The van der Waals surface area contributed by atoms with Crippen LogP contribution in [0.4, 0.5) is 0 Å². The first-order valence-corrected chi connectivity index (χ1v) is 5.40. The van der Waals surface area contributed by atoms with Crippen molar-refractivity contribution in [3.63, 3.8) is 0 Å². The quantitative estimate of drug-likeness (QED) is 0.846. The van der Waals surface area contributed by atoms with Gasteiger partial charge in [0.15, 0.2) is 0 Å². The van der Waals surface area contributed by atoms with Crippen LogP contribution in [-0.4, -0.2) is 17.3 Å². The molecule has 0 fully saturated rings. The first-order valence-electron chi connectivity index (χ1n) is 5.03. The first kappa shape index (κ1) is 13.0. The molecule has 1 atom stereocenters. The number of hydrogen-bond donors (Lipinski definition) is 2. The summed E-state index contributed by atoms with van der Waals surface area (Å²) < 4.78 is 0. The van der Waals surface area contributed by atoms with Crippen molar-refractivity contribution in [3.8, 4) is 6.07 Å². The number of aliphatic hydroxyl groups excluding tert-OH is 1. The molecule has 0 aliphatic rings. The minimum atomic E-state index is -0.518. The molecule has 16 heavy (non-hydrogen) atoms. The van der Waals surface area contributed by atoms with Crippen LogP contribution in [0.5, 0.6) is 0 Å². The van der Waals surface area contributed by atoms with Gasteiger partial charge in [0.25, 0.3) is 0 Å². The fraction of sp³-hybridized carbons (Fsp3) is 0.417. The summed E-state index contributed by atoms with van der Waals surface area (Å²) in [6.07, 6.45) is 0. The molecule has 2 N–H and O–H groups in total. The summed E-state index contributed by atoms with van der Waals surface area (Å²) in [6.45, 7) is 3.61. The minimum Gasteiger partial charge on any atom is -0.394 e. The maximum Gasteiger partial charge on any atom is 0.123 e. The number of aliphatic hydroxyl groups is 1. The van der Waals surface area contributed by atoms with Crippen molar-refractivity contribution in [2.75, 3.05) is 6.61 Å². The van der Waals surface area contributed by atoms with Gasteiger partial charge in [-0.3, -0.25) is 5.32 Å². The van der Waals surface area contributed by atoms with E-state index in [2.05, 4.69) is 11.4 Å². The lowest BCUT2D eigenvalue weighted by molar-refractivity contribution is 0.182. The molecule has 0 bridgehead atoms. The van der Waals surface area contributed by atoms with Gasteiger partial charge in [-0.05, 0) is 19.9 Å². The molecule has 4 heteroatoms. The molecule has 0 saturated heterocycles. The molecule has 3 nitrogen and oxygen atoms in total. The van der Waals surface area contributed by atoms with Crippen LogP contribution in [-0.2, 0) is 0 Å². The fourth-order valence-electron chi connectivity index (χ4n) is 1.33. The second-order valence-corrected chi connectivity index (χ2v) is 4.68. The van der Waals surface area contributed by atoms with E-state index in [0.717, 1.165) is 5.56 Å². The Bertz CT molecular complexity index is 398. The standard InChI is InChI=1S/C12H15ClN2O/c1-12(2,8-16)15-11(7-14)9-5-3-4-6-10(9)13/h3-6,11,15-16H,8H2,1-2H3. The Morgan fingerprint density at radius 3 is 2.62 bits per heavy atom. The Kier molecular flexibility index (Phi) is 4.31. The number of nitrogens with one attached hydrogen (secondary N) is 1. The first-order chi connectivity index (χ1) is 7.50. The summed E-state index contributed by atoms with van der Waals surface area (Å²) in [6, 6.07) is 8.82. The highest BCUT2D eigenvalue weighted by molar-refractivity contribution is 6.31. The Morgan fingerprint density at radius 2 is 2.12 bits per heavy atom. The van der Waals surface area contributed by atoms with Gasteiger partial charge in [-0.25, -0.2) is 0 Å². The number of nitrogens with zero attached hydrogens (tertiary/aromatic N) is 1. The summed E-state index contributed by atoms with van der Waals surface area (Å²) in [5.74, 6) is 0. The zero-order chi connectivity index (χ0) is 12.2. The van der Waals surface area contributed by atoms with Gasteiger partial charge in [0.05, 0.1) is 12.7 Å². The summed E-state index contributed by atoms with van der Waals surface area (Å²) in [5.41, 5.74) is 0.215. The van der Waals surface area contributed by atoms with Gasteiger partial charge in [0.2, 0.25) is 0 Å². The third-order valence-electron chi connectivity index (χ3n) is 2.28. The van der Waals surface area contributed by atoms with Crippen molar-refractivity contribution < 1.29 is 5.11 Å². The third kappa shape index (κ3) is 3.21. The fourth-order valence-corrected chi connectivity index (χ4v) is 1.57. The summed E-state index contributed by atoms with van der Waals surface area (Å²) >= 11 is 6.02. The normalized spacial score (nSPS) is 13.2. The van der Waals surface area contributed by atoms with Gasteiger partial charge in [0.1, 0.15) is 6.04 Å². The predicted octanol–water partition coefficient (Wildman–Crippen LogP) is 2.27. The van der Waals surface area contributed by atoms with Crippen LogP contribution in [0.1, 0.15) is 25.5 Å². The Morgan fingerprint density at radius 1 is 1.50 bits per heavy atom. The van der Waals surface area contributed by atoms with E-state index >= 15 is 0 Å². The van der Waals surface area contributed by atoms with E-state index in [1.807, 2.05) is 26.0 Å². The molecule has 1 aromatic rings. The van der Waals surface area contributed by atoms with Crippen LogP contribution in [0.15, 0.2) is 24.3 Å². The number of hydrogen-bond acceptors (Lipinski definition) is 3. The number of rotatable bonds is 4. The molecule has 0 saturated carbocycles. The van der Waals surface area contributed by atoms with E-state index in [1.165, 1.54) is 0 Å². The molecule has 0 spiro atoms. The highest BCUT2D eigenvalue weighted by Crippen LogP contribution is 2.23. The van der Waals surface area contributed by atoms with Crippen LogP contribution in [0.3, 0.4) is 0 Å². The van der Waals surface area contributed by atoms with Gasteiger partial charge in [-0.2, -0.15) is 5.26 Å². The minimum absolute atomic E-state index is 0.0460. The molecular weight excluding hydrogens is 224 g/mol. The molecular formula is C12H15ClN2O. The smallest absolute Gasteiger partial charge is 0.123 e. The van der Waals surface area contributed by atoms with Gasteiger partial charge in [-0.1, -0.05) is 29.8 Å². The largest absolute Gasteiger partial charge is 0.394 e. The van der Waals surface area contributed by atoms with Crippen molar-refractivity contribution in [2.24, 2.45) is 0 Å². The summed E-state index contributed by atoms with van der Waals surface area (Å²) in [4.78, 5) is 0. The van der Waals surface area contributed by atoms with E-state index in [-0.39, 0.29) is 6.61 Å². The van der Waals surface area contributed by atoms with Crippen molar-refractivity contribution in [2.45, 2.75) is 25.4 Å². The zero-order valence-electron chi connectivity index (χ0n) is 9.37. The number of halogens is 1. The molecule has 0 aliphatic heterocycles. The number of nitriles is 1. The topological polar surface area (TPSA) is 56.0 Å². The van der Waals surface area contributed by atoms with Crippen LogP contribution < -0.4 is 5.32 Å². The Hall–Kier alpha value is -1.08. The predicted molar refractivity (Wildman–Crippen MR) is 64.1 cm³/mol. The maximum atomic E-state index is 9.15. The van der Waals surface area contributed by atoms with Crippen molar-refractivity contribution in [1.29, 1.82) is 5.26 Å². The average Bonchev–Trinajstić information content (AvgIpc) is 2.27. The van der Waals surface area contributed by atoms with Gasteiger partial charge in [0, 0.05) is 16.1 Å². The van der Waals surface area contributed by atoms with E-state index in [9.17, 15) is 0 Å². The molecule has 1 unspecified atom stereocenters. The van der Waals surface area contributed by atoms with E-state index < -0.39 is 11.6 Å². The molecule has 0 amide bonds. The molecule has 1 aromatic carbocycles. The van der Waals surface area contributed by atoms with Gasteiger partial charge in [-0.15, -0.1) is 0 Å². The maximum absolute atomic E-state index is 9.15. The monoisotopic (exact) mass is 238 g/mol. The summed E-state index contributed by atoms with van der Waals surface area (Å²) in [5, 5.41) is 21.9. The van der Waals surface area contributed by atoms with Crippen LogP contribution >= 0.6 is 11.6 Å². The second-order valence-electron chi connectivity index (χ2n) is 4.27. The Balaban J connectivity index is 2.93. The summed E-state index contributed by atoms with van der Waals surface area (Å²) in [7, 11) is 0. The molecule has 0 radical (unpaired) electrons. The highest BCUT2D eigenvalue weighted by atomic mass is 35.5. The van der Waals surface area contributed by atoms with Crippen molar-refractivity contribution in [3.05, 3.63) is 34.9 Å². The van der Waals surface area contributed by atoms with Crippen molar-refractivity contribution in [1.82, 2.24) is 5.32 Å². The van der Waals surface area contributed by atoms with E-state index in [1.54, 1.807) is 12.1 Å². The molecule has 0 heterocycles. The molecule has 1 rings (SSSR count). The van der Waals surface area contributed by atoms with Gasteiger partial charge >= 0.3 is 0 Å². The van der Waals surface area contributed by atoms with E-state index in [4.69, 9.17) is 22.0 Å². The van der Waals surface area contributed by atoms with Gasteiger partial charge < -0.3 is 5.11 Å². The molecule has 0 aliphatic carbocycles. The lowest BCUT2D eigenvalue weighted by Crippen LogP contribution is -2.44. The van der Waals surface area contributed by atoms with Crippen molar-refractivity contribution >= 4 is 11.6 Å². The highest BCUT2D eigenvalue weighted by Gasteiger charge is 2.23. The molecule has 0 aromatic heterocycles. The average molecular weight is 239 g/mol. The molecule has 86 valence electrons. The Labute approximate surface area is 101 Å². The lowest BCUT2D eigenvalue weighted by atomic mass is 10.0. The van der Waals surface area contributed by atoms with Crippen LogP contribution in [0.25, 0.3) is 0 Å². The SMILES string of the molecule is CC(C)(CO)NC(C#N)c1ccccc1Cl. The van der Waals surface area contributed by atoms with E-state index in [0.29, 0.717) is 5.02 Å².